The summed E-state index contributed by atoms with van der Waals surface area (Å²) in [6.07, 6.45) is 0. The molecule has 50 heavy (non-hydrogen) atoms. The molecular weight excluding hydrogens is 704 g/mol. The summed E-state index contributed by atoms with van der Waals surface area (Å²) in [6, 6.07) is 30.3. The Balaban J connectivity index is 1.09. The van der Waals surface area contributed by atoms with Gasteiger partial charge in [-0.2, -0.15) is 15.0 Å². The largest absolute Gasteiger partial charge is 0.508 e. The number of hydrogen-bond donors (Lipinski definition) is 6. The fourth-order valence-corrected chi connectivity index (χ4v) is 4.71. The number of nitrogens with one attached hydrogen (secondary N) is 5. The van der Waals surface area contributed by atoms with E-state index in [2.05, 4.69) is 57.5 Å². The van der Waals surface area contributed by atoms with E-state index in [1.165, 1.54) is 0 Å². The number of phenols is 1. The summed E-state index contributed by atoms with van der Waals surface area (Å²) in [5, 5.41) is 24.8. The second-order valence-electron chi connectivity index (χ2n) is 10.8. The maximum Gasteiger partial charge on any atom is 0.251 e. The second-order valence-corrected chi connectivity index (χ2v) is 11.7. The minimum absolute atomic E-state index is 0.138. The van der Waals surface area contributed by atoms with Crippen LogP contribution in [0.15, 0.2) is 108 Å². The molecule has 13 nitrogen and oxygen atoms in total. The number of anilines is 5. The van der Waals surface area contributed by atoms with E-state index in [1.54, 1.807) is 60.7 Å². The molecule has 0 saturated carbocycles. The van der Waals surface area contributed by atoms with Crippen molar-refractivity contribution >= 4 is 57.0 Å². The van der Waals surface area contributed by atoms with Gasteiger partial charge in [-0.05, 0) is 78.4 Å². The lowest BCUT2D eigenvalue weighted by Crippen LogP contribution is -2.27. The van der Waals surface area contributed by atoms with Crippen molar-refractivity contribution in [2.75, 3.05) is 55.5 Å². The van der Waals surface area contributed by atoms with E-state index in [-0.39, 0.29) is 29.5 Å². The summed E-state index contributed by atoms with van der Waals surface area (Å²) in [4.78, 5) is 38.2. The van der Waals surface area contributed by atoms with Gasteiger partial charge in [0.15, 0.2) is 0 Å². The predicted octanol–water partition coefficient (Wildman–Crippen LogP) is 5.63. The number of ether oxygens (including phenoxy) is 2. The van der Waals surface area contributed by atoms with E-state index in [4.69, 9.17) is 9.47 Å². The molecule has 258 valence electrons. The Hall–Kier alpha value is -5.57. The van der Waals surface area contributed by atoms with Crippen LogP contribution in [0.1, 0.15) is 26.3 Å². The lowest BCUT2D eigenvalue weighted by molar-refractivity contribution is 0.0519. The molecule has 0 spiro atoms. The van der Waals surface area contributed by atoms with Gasteiger partial charge < -0.3 is 41.2 Å². The zero-order valence-corrected chi connectivity index (χ0v) is 28.7. The van der Waals surface area contributed by atoms with Gasteiger partial charge in [-0.15, -0.1) is 0 Å². The van der Waals surface area contributed by atoms with Gasteiger partial charge in [0.1, 0.15) is 5.75 Å². The molecule has 0 fully saturated rings. The fraction of sp³-hybridized carbons (Fsp3) is 0.194. The average Bonchev–Trinajstić information content (AvgIpc) is 3.13. The topological polar surface area (TPSA) is 172 Å². The van der Waals surface area contributed by atoms with Crippen LogP contribution >= 0.6 is 15.9 Å². The van der Waals surface area contributed by atoms with E-state index < -0.39 is 0 Å². The first kappa shape index (κ1) is 35.7. The van der Waals surface area contributed by atoms with Crippen LogP contribution in [0.2, 0.25) is 0 Å². The van der Waals surface area contributed by atoms with Crippen molar-refractivity contribution in [1.82, 2.24) is 25.6 Å². The quantitative estimate of drug-likeness (QED) is 0.0486. The fourth-order valence-electron chi connectivity index (χ4n) is 4.45. The zero-order chi connectivity index (χ0) is 35.0. The Kier molecular flexibility index (Phi) is 13.5. The molecule has 0 aliphatic rings. The van der Waals surface area contributed by atoms with Gasteiger partial charge in [-0.1, -0.05) is 46.3 Å². The molecule has 14 heteroatoms. The highest BCUT2D eigenvalue weighted by Crippen LogP contribution is 2.21. The molecular formula is C36H37BrN8O5. The maximum atomic E-state index is 12.7. The highest BCUT2D eigenvalue weighted by atomic mass is 79.9. The Morgan fingerprint density at radius 2 is 1.14 bits per heavy atom. The number of rotatable bonds is 18. The summed E-state index contributed by atoms with van der Waals surface area (Å²) >= 11 is 3.41. The lowest BCUT2D eigenvalue weighted by Gasteiger charge is -2.12. The Morgan fingerprint density at radius 3 is 1.78 bits per heavy atom. The molecule has 0 bridgehead atoms. The maximum absolute atomic E-state index is 12.7. The van der Waals surface area contributed by atoms with E-state index in [1.807, 2.05) is 42.5 Å². The summed E-state index contributed by atoms with van der Waals surface area (Å²) in [5.74, 6) is 0.662. The first-order valence-corrected chi connectivity index (χ1v) is 16.6. The smallest absolute Gasteiger partial charge is 0.251 e. The molecule has 1 heterocycles. The van der Waals surface area contributed by atoms with Crippen molar-refractivity contribution in [2.45, 2.75) is 6.54 Å². The van der Waals surface area contributed by atoms with Gasteiger partial charge in [0.25, 0.3) is 11.8 Å². The molecule has 0 aliphatic carbocycles. The van der Waals surface area contributed by atoms with Crippen molar-refractivity contribution in [3.05, 3.63) is 124 Å². The number of benzene rings is 4. The SMILES string of the molecule is O=C(NCCOCCOCCNc1nc(Nc2ccc(O)cc2)nc(Nc2ccc(C(=O)NCc3ccc(Br)cc3)cc2)n1)c1ccccc1. The number of aromatic hydroxyl groups is 1. The number of aromatic nitrogens is 3. The molecule has 0 atom stereocenters. The van der Waals surface area contributed by atoms with E-state index in [9.17, 15) is 14.7 Å². The number of nitrogens with zero attached hydrogens (tertiary/aromatic N) is 3. The van der Waals surface area contributed by atoms with Crippen LogP contribution < -0.4 is 26.6 Å². The number of carbonyl (C=O) groups is 2. The molecule has 1 aromatic heterocycles. The molecule has 0 unspecified atom stereocenters. The average molecular weight is 742 g/mol. The van der Waals surface area contributed by atoms with Crippen molar-refractivity contribution in [3.8, 4) is 5.75 Å². The van der Waals surface area contributed by atoms with Crippen LogP contribution in [0.4, 0.5) is 29.2 Å². The van der Waals surface area contributed by atoms with Crippen LogP contribution in [0.5, 0.6) is 5.75 Å². The first-order valence-electron chi connectivity index (χ1n) is 15.9. The number of carbonyl (C=O) groups excluding carboxylic acids is 2. The van der Waals surface area contributed by atoms with Gasteiger partial charge in [0.2, 0.25) is 17.8 Å². The lowest BCUT2D eigenvalue weighted by atomic mass is 10.2. The summed E-state index contributed by atoms with van der Waals surface area (Å²) in [6.45, 7) is 2.74. The van der Waals surface area contributed by atoms with Crippen molar-refractivity contribution < 1.29 is 24.2 Å². The number of amides is 2. The third-order valence-corrected chi connectivity index (χ3v) is 7.53. The van der Waals surface area contributed by atoms with Crippen LogP contribution in [-0.2, 0) is 16.0 Å². The Bertz CT molecular complexity index is 1810. The summed E-state index contributed by atoms with van der Waals surface area (Å²) in [5.41, 5.74) is 3.46. The van der Waals surface area contributed by atoms with Crippen molar-refractivity contribution in [2.24, 2.45) is 0 Å². The van der Waals surface area contributed by atoms with Crippen molar-refractivity contribution in [3.63, 3.8) is 0 Å². The molecule has 0 saturated heterocycles. The normalized spacial score (nSPS) is 10.7. The molecule has 5 aromatic rings. The van der Waals surface area contributed by atoms with Gasteiger partial charge >= 0.3 is 0 Å². The van der Waals surface area contributed by atoms with Gasteiger partial charge in [0.05, 0.1) is 26.4 Å². The van der Waals surface area contributed by atoms with Crippen LogP contribution in [0, 0.1) is 0 Å². The highest BCUT2D eigenvalue weighted by molar-refractivity contribution is 9.10. The second kappa shape index (κ2) is 18.8. The minimum Gasteiger partial charge on any atom is -0.508 e. The molecule has 6 N–H and O–H groups in total. The van der Waals surface area contributed by atoms with Crippen LogP contribution in [-0.4, -0.2) is 71.4 Å². The van der Waals surface area contributed by atoms with E-state index >= 15 is 0 Å². The number of hydrogen-bond acceptors (Lipinski definition) is 11. The molecule has 0 aliphatic heterocycles. The van der Waals surface area contributed by atoms with Gasteiger partial charge in [0, 0.05) is 46.6 Å². The minimum atomic E-state index is -0.187. The monoisotopic (exact) mass is 740 g/mol. The molecule has 4 aromatic carbocycles. The number of phenolic OH excluding ortho intramolecular Hbond substituents is 1. The molecule has 0 radical (unpaired) electrons. The highest BCUT2D eigenvalue weighted by Gasteiger charge is 2.10. The van der Waals surface area contributed by atoms with Crippen molar-refractivity contribution in [1.29, 1.82) is 0 Å². The number of halogens is 1. The Labute approximate surface area is 298 Å². The van der Waals surface area contributed by atoms with Gasteiger partial charge in [-0.25, -0.2) is 0 Å². The molecule has 5 rings (SSSR count). The Morgan fingerprint density at radius 1 is 0.600 bits per heavy atom. The summed E-state index contributed by atoms with van der Waals surface area (Å²) in [7, 11) is 0. The summed E-state index contributed by atoms with van der Waals surface area (Å²) < 4.78 is 12.2. The van der Waals surface area contributed by atoms with Gasteiger partial charge in [-0.3, -0.25) is 9.59 Å². The first-order chi connectivity index (χ1) is 24.4. The van der Waals surface area contributed by atoms with Crippen LogP contribution in [0.25, 0.3) is 0 Å². The molecule has 2 amide bonds. The van der Waals surface area contributed by atoms with E-state index in [0.29, 0.717) is 74.5 Å². The zero-order valence-electron chi connectivity index (χ0n) is 27.1. The van der Waals surface area contributed by atoms with E-state index in [0.717, 1.165) is 10.0 Å². The van der Waals surface area contributed by atoms with Crippen LogP contribution in [0.3, 0.4) is 0 Å². The third kappa shape index (κ3) is 11.8. The predicted molar refractivity (Wildman–Crippen MR) is 195 cm³/mol. The standard InChI is InChI=1S/C36H37BrN8O5/c37-28-10-6-25(7-11-28)24-40-33(48)27-8-12-29(13-9-27)41-35-43-34(44-36(45-35)42-30-14-16-31(46)17-15-30)39-19-21-50-23-22-49-20-18-38-32(47)26-4-2-1-3-5-26/h1-17,46H,18-24H2,(H,38,47)(H,40,48)(H3,39,41,42,43,44,45). The third-order valence-electron chi connectivity index (χ3n) is 7.00.